The van der Waals surface area contributed by atoms with E-state index in [1.54, 1.807) is 43.0 Å². The first-order chi connectivity index (χ1) is 19.1. The van der Waals surface area contributed by atoms with E-state index in [9.17, 15) is 9.90 Å². The first-order valence-electron chi connectivity index (χ1n) is 12.7. The Morgan fingerprint density at radius 2 is 1.95 bits per heavy atom. The molecule has 1 fully saturated rings. The number of hydrogen-bond donors (Lipinski definition) is 3. The molecule has 1 aliphatic heterocycles. The van der Waals surface area contributed by atoms with Gasteiger partial charge in [-0.15, -0.1) is 0 Å². The van der Waals surface area contributed by atoms with Crippen molar-refractivity contribution in [1.82, 2.24) is 20.0 Å². The predicted octanol–water partition coefficient (Wildman–Crippen LogP) is 4.32. The minimum atomic E-state index is -1.05. The van der Waals surface area contributed by atoms with Crippen LogP contribution in [0.5, 0.6) is 0 Å². The van der Waals surface area contributed by atoms with Crippen molar-refractivity contribution in [1.29, 1.82) is 0 Å². The van der Waals surface area contributed by atoms with Crippen LogP contribution in [0.15, 0.2) is 59.8 Å². The van der Waals surface area contributed by atoms with Crippen molar-refractivity contribution in [3.63, 3.8) is 0 Å². The number of aromatic nitrogens is 3. The molecule has 208 valence electrons. The Morgan fingerprint density at radius 1 is 1.18 bits per heavy atom. The molecule has 1 aliphatic rings. The fourth-order valence-corrected chi connectivity index (χ4v) is 4.63. The second kappa shape index (κ2) is 11.0. The van der Waals surface area contributed by atoms with Gasteiger partial charge in [-0.3, -0.25) is 9.69 Å². The average Bonchev–Trinajstić information content (AvgIpc) is 3.35. The fraction of sp³-hybridized carbons (Fsp3) is 0.286. The van der Waals surface area contributed by atoms with E-state index >= 15 is 8.78 Å². The molecule has 1 amide bonds. The van der Waals surface area contributed by atoms with Gasteiger partial charge in [0.05, 0.1) is 23.2 Å². The smallest absolute Gasteiger partial charge is 0.247 e. The molecule has 2 aromatic heterocycles. The van der Waals surface area contributed by atoms with Crippen LogP contribution < -0.4 is 15.5 Å². The van der Waals surface area contributed by atoms with Crippen molar-refractivity contribution in [2.75, 3.05) is 48.3 Å². The number of aliphatic hydroxyl groups is 1. The topological polar surface area (TPSA) is 120 Å². The number of nitrogens with zero attached hydrogens (tertiary/aromatic N) is 5. The number of β-amino-alcohol motifs (C(OH)–C–C–N with tert-alkyl or cyclic N) is 1. The first kappa shape index (κ1) is 27.2. The lowest BCUT2D eigenvalue weighted by Gasteiger charge is -2.38. The van der Waals surface area contributed by atoms with Gasteiger partial charge in [-0.05, 0) is 44.2 Å². The number of amides is 1. The third-order valence-electron chi connectivity index (χ3n) is 6.44. The van der Waals surface area contributed by atoms with Crippen LogP contribution in [0.25, 0.3) is 22.4 Å². The number of carbonyl (C=O) groups is 1. The zero-order valence-electron chi connectivity index (χ0n) is 22.1. The van der Waals surface area contributed by atoms with Crippen molar-refractivity contribution in [2.45, 2.75) is 19.4 Å². The van der Waals surface area contributed by atoms with Crippen molar-refractivity contribution in [2.24, 2.45) is 0 Å². The lowest BCUT2D eigenvalue weighted by atomic mass is 10.1. The summed E-state index contributed by atoms with van der Waals surface area (Å²) in [5.41, 5.74) is 1.43. The van der Waals surface area contributed by atoms with Crippen LogP contribution in [-0.2, 0) is 4.79 Å². The third-order valence-corrected chi connectivity index (χ3v) is 6.44. The molecule has 4 aromatic rings. The Hall–Kier alpha value is -4.42. The van der Waals surface area contributed by atoms with E-state index in [1.807, 2.05) is 0 Å². The number of benzene rings is 2. The Kier molecular flexibility index (Phi) is 7.46. The van der Waals surface area contributed by atoms with Crippen molar-refractivity contribution >= 4 is 40.0 Å². The average molecular weight is 550 g/mol. The molecule has 10 nitrogen and oxygen atoms in total. The summed E-state index contributed by atoms with van der Waals surface area (Å²) in [6.07, 6.45) is 2.55. The minimum Gasteiger partial charge on any atom is -0.389 e. The summed E-state index contributed by atoms with van der Waals surface area (Å²) in [6, 6.07) is 9.90. The summed E-state index contributed by atoms with van der Waals surface area (Å²) < 4.78 is 35.6. The van der Waals surface area contributed by atoms with Gasteiger partial charge in [0.1, 0.15) is 11.2 Å². The highest BCUT2D eigenvalue weighted by molar-refractivity contribution is 5.99. The number of carbonyl (C=O) groups excluding carboxylic acids is 1. The van der Waals surface area contributed by atoms with Crippen LogP contribution in [0.4, 0.5) is 31.8 Å². The van der Waals surface area contributed by atoms with Gasteiger partial charge in [-0.25, -0.2) is 18.7 Å². The molecule has 0 atom stereocenters. The SMILES string of the molecule is C=CC(=O)Nc1cccc(-c2noc3cnc(Nc4ccc(N5CCN(CC(C)(C)O)CC5)c(F)c4F)nc23)c1. The van der Waals surface area contributed by atoms with Crippen LogP contribution in [0.1, 0.15) is 13.8 Å². The molecular weight excluding hydrogens is 520 g/mol. The van der Waals surface area contributed by atoms with Gasteiger partial charge in [-0.2, -0.15) is 0 Å². The zero-order chi connectivity index (χ0) is 28.4. The number of nitrogens with one attached hydrogen (secondary N) is 2. The molecule has 0 unspecified atom stereocenters. The molecule has 3 N–H and O–H groups in total. The summed E-state index contributed by atoms with van der Waals surface area (Å²) in [6.45, 7) is 9.72. The summed E-state index contributed by atoms with van der Waals surface area (Å²) in [5.74, 6) is -2.34. The van der Waals surface area contributed by atoms with E-state index < -0.39 is 17.2 Å². The second-order valence-corrected chi connectivity index (χ2v) is 10.2. The van der Waals surface area contributed by atoms with Crippen LogP contribution >= 0.6 is 0 Å². The molecule has 2 aromatic carbocycles. The van der Waals surface area contributed by atoms with Crippen molar-refractivity contribution in [3.8, 4) is 11.3 Å². The number of piperazine rings is 1. The zero-order valence-corrected chi connectivity index (χ0v) is 22.1. The predicted molar refractivity (Wildman–Crippen MR) is 148 cm³/mol. The monoisotopic (exact) mass is 549 g/mol. The van der Waals surface area contributed by atoms with Crippen LogP contribution in [-0.4, -0.2) is 69.4 Å². The molecule has 0 aliphatic carbocycles. The quantitative estimate of drug-likeness (QED) is 0.276. The summed E-state index contributed by atoms with van der Waals surface area (Å²) in [7, 11) is 0. The minimum absolute atomic E-state index is 0.0272. The van der Waals surface area contributed by atoms with Gasteiger partial charge in [0.15, 0.2) is 11.6 Å². The van der Waals surface area contributed by atoms with E-state index in [1.165, 1.54) is 18.3 Å². The highest BCUT2D eigenvalue weighted by Gasteiger charge is 2.26. The molecule has 1 saturated heterocycles. The highest BCUT2D eigenvalue weighted by Crippen LogP contribution is 2.31. The summed E-state index contributed by atoms with van der Waals surface area (Å²) in [4.78, 5) is 24.1. The normalized spacial score (nSPS) is 14.4. The molecule has 5 rings (SSSR count). The molecule has 0 bridgehead atoms. The van der Waals surface area contributed by atoms with Gasteiger partial charge in [-0.1, -0.05) is 23.9 Å². The van der Waals surface area contributed by atoms with E-state index in [0.717, 1.165) is 6.08 Å². The van der Waals surface area contributed by atoms with Gasteiger partial charge in [0.2, 0.25) is 17.4 Å². The maximum absolute atomic E-state index is 15.1. The second-order valence-electron chi connectivity index (χ2n) is 10.2. The number of hydrogen-bond acceptors (Lipinski definition) is 9. The Balaban J connectivity index is 1.34. The van der Waals surface area contributed by atoms with Gasteiger partial charge >= 0.3 is 0 Å². The molecule has 40 heavy (non-hydrogen) atoms. The maximum atomic E-state index is 15.1. The molecule has 0 saturated carbocycles. The van der Waals surface area contributed by atoms with Crippen LogP contribution in [0.2, 0.25) is 0 Å². The van der Waals surface area contributed by atoms with Gasteiger partial charge in [0.25, 0.3) is 0 Å². The molecule has 0 spiro atoms. The molecular formula is C28H29F2N7O3. The van der Waals surface area contributed by atoms with Crippen LogP contribution in [0.3, 0.4) is 0 Å². The Bertz CT molecular complexity index is 1560. The lowest BCUT2D eigenvalue weighted by Crippen LogP contribution is -2.50. The van der Waals surface area contributed by atoms with Crippen molar-refractivity contribution in [3.05, 3.63) is 66.9 Å². The molecule has 3 heterocycles. The fourth-order valence-electron chi connectivity index (χ4n) is 4.63. The first-order valence-corrected chi connectivity index (χ1v) is 12.7. The van der Waals surface area contributed by atoms with E-state index in [2.05, 4.69) is 37.2 Å². The Labute approximate surface area is 229 Å². The number of anilines is 4. The van der Waals surface area contributed by atoms with Gasteiger partial charge < -0.3 is 25.2 Å². The lowest BCUT2D eigenvalue weighted by molar-refractivity contribution is -0.111. The van der Waals surface area contributed by atoms with E-state index in [4.69, 9.17) is 4.52 Å². The van der Waals surface area contributed by atoms with Crippen LogP contribution in [0, 0.1) is 11.6 Å². The third kappa shape index (κ3) is 5.92. The van der Waals surface area contributed by atoms with Crippen molar-refractivity contribution < 1.29 is 23.2 Å². The number of fused-ring (bicyclic) bond motifs is 1. The van der Waals surface area contributed by atoms with E-state index in [0.29, 0.717) is 60.8 Å². The Morgan fingerprint density at radius 3 is 2.67 bits per heavy atom. The number of halogens is 2. The van der Waals surface area contributed by atoms with Gasteiger partial charge in [0, 0.05) is 44.0 Å². The maximum Gasteiger partial charge on any atom is 0.247 e. The standard InChI is InChI=1S/C28H29F2N7O3/c1-4-22(38)32-18-7-5-6-17(14-18)25-26-21(40-35-25)15-31-27(34-26)33-19-8-9-20(24(30)23(19)29)37-12-10-36(11-13-37)16-28(2,3)39/h4-9,14-15,39H,1,10-13,16H2,2-3H3,(H,32,38)(H,31,33,34). The highest BCUT2D eigenvalue weighted by atomic mass is 19.2. The van der Waals surface area contributed by atoms with E-state index in [-0.39, 0.29) is 23.2 Å². The summed E-state index contributed by atoms with van der Waals surface area (Å²) in [5, 5.41) is 19.6. The molecule has 0 radical (unpaired) electrons. The number of rotatable bonds is 8. The largest absolute Gasteiger partial charge is 0.389 e. The molecule has 12 heteroatoms. The summed E-state index contributed by atoms with van der Waals surface area (Å²) >= 11 is 0.